The van der Waals surface area contributed by atoms with Gasteiger partial charge in [0, 0.05) is 6.04 Å². The van der Waals surface area contributed by atoms with Crippen molar-refractivity contribution in [3.8, 4) is 0 Å². The second-order valence-corrected chi connectivity index (χ2v) is 6.69. The number of aliphatic hydroxyl groups excluding tert-OH is 2. The average Bonchev–Trinajstić information content (AvgIpc) is 2.55. The molecular formula is C16H19NO4S. The number of nitrogens with one attached hydrogen (secondary N) is 1. The first-order valence-electron chi connectivity index (χ1n) is 6.94. The maximum Gasteiger partial charge on any atom is 0.240 e. The van der Waals surface area contributed by atoms with Crippen molar-refractivity contribution in [2.45, 2.75) is 23.5 Å². The number of aliphatic hydroxyl groups is 2. The molecule has 0 amide bonds. The molecule has 0 aliphatic heterocycles. The molecule has 0 spiro atoms. The molecule has 0 heterocycles. The number of benzene rings is 2. The summed E-state index contributed by atoms with van der Waals surface area (Å²) in [7, 11) is -3.72. The second-order valence-electron chi connectivity index (χ2n) is 4.98. The van der Waals surface area contributed by atoms with Crippen LogP contribution in [-0.2, 0) is 10.0 Å². The minimum atomic E-state index is -3.72. The van der Waals surface area contributed by atoms with Crippen LogP contribution in [0, 0.1) is 0 Å². The van der Waals surface area contributed by atoms with Crippen LogP contribution in [0.4, 0.5) is 0 Å². The van der Waals surface area contributed by atoms with E-state index in [1.807, 2.05) is 6.07 Å². The molecule has 0 bridgehead atoms. The fourth-order valence-electron chi connectivity index (χ4n) is 2.13. The van der Waals surface area contributed by atoms with Crippen LogP contribution in [0.3, 0.4) is 0 Å². The number of sulfonamides is 1. The molecule has 5 nitrogen and oxygen atoms in total. The summed E-state index contributed by atoms with van der Waals surface area (Å²) in [6.45, 7) is -0.393. The molecule has 0 fully saturated rings. The minimum absolute atomic E-state index is 0.0899. The fraction of sp³-hybridized carbons (Fsp3) is 0.250. The second kappa shape index (κ2) is 7.51. The maximum absolute atomic E-state index is 12.2. The van der Waals surface area contributed by atoms with E-state index in [1.165, 1.54) is 12.1 Å². The van der Waals surface area contributed by atoms with Crippen LogP contribution in [0.5, 0.6) is 0 Å². The van der Waals surface area contributed by atoms with Gasteiger partial charge in [0.25, 0.3) is 0 Å². The molecule has 118 valence electrons. The van der Waals surface area contributed by atoms with E-state index in [9.17, 15) is 18.6 Å². The smallest absolute Gasteiger partial charge is 0.240 e. The number of hydrogen-bond donors (Lipinski definition) is 3. The van der Waals surface area contributed by atoms with E-state index in [-0.39, 0.29) is 11.3 Å². The van der Waals surface area contributed by atoms with E-state index >= 15 is 0 Å². The van der Waals surface area contributed by atoms with Crippen LogP contribution in [0.2, 0.25) is 0 Å². The Morgan fingerprint density at radius 3 is 2.05 bits per heavy atom. The molecule has 2 aromatic rings. The van der Waals surface area contributed by atoms with Gasteiger partial charge in [-0.3, -0.25) is 0 Å². The molecule has 2 aromatic carbocycles. The molecule has 0 saturated carbocycles. The molecule has 0 unspecified atom stereocenters. The van der Waals surface area contributed by atoms with E-state index in [2.05, 4.69) is 4.72 Å². The summed E-state index contributed by atoms with van der Waals surface area (Å²) in [6, 6.07) is 16.1. The van der Waals surface area contributed by atoms with Gasteiger partial charge in [-0.2, -0.15) is 0 Å². The van der Waals surface area contributed by atoms with Gasteiger partial charge in [-0.25, -0.2) is 13.1 Å². The Morgan fingerprint density at radius 1 is 0.955 bits per heavy atom. The lowest BCUT2D eigenvalue weighted by molar-refractivity contribution is 0.136. The molecule has 22 heavy (non-hydrogen) atoms. The van der Waals surface area contributed by atoms with Crippen LogP contribution in [-0.4, -0.2) is 31.3 Å². The van der Waals surface area contributed by atoms with E-state index in [1.54, 1.807) is 42.5 Å². The van der Waals surface area contributed by atoms with Crippen molar-refractivity contribution in [3.05, 3.63) is 66.2 Å². The van der Waals surface area contributed by atoms with E-state index in [4.69, 9.17) is 0 Å². The molecule has 0 aliphatic carbocycles. The standard InChI is InChI=1S/C16H19NO4S/c18-12-14(11-16(19)13-7-3-1-4-8-13)17-22(20,21)15-9-5-2-6-10-15/h1-10,14,16-19H,11-12H2/t14-,16+/m0/s1. The third kappa shape index (κ3) is 4.38. The summed E-state index contributed by atoms with van der Waals surface area (Å²) >= 11 is 0. The maximum atomic E-state index is 12.2. The SMILES string of the molecule is O=S(=O)(N[C@H](CO)C[C@@H](O)c1ccccc1)c1ccccc1. The van der Waals surface area contributed by atoms with Gasteiger partial charge in [0.2, 0.25) is 10.0 Å². The number of hydrogen-bond acceptors (Lipinski definition) is 4. The molecule has 0 radical (unpaired) electrons. The van der Waals surface area contributed by atoms with Crippen molar-refractivity contribution in [2.75, 3.05) is 6.61 Å². The Morgan fingerprint density at radius 2 is 1.50 bits per heavy atom. The van der Waals surface area contributed by atoms with E-state index < -0.39 is 28.8 Å². The van der Waals surface area contributed by atoms with Gasteiger partial charge in [0.1, 0.15) is 0 Å². The van der Waals surface area contributed by atoms with Gasteiger partial charge in [-0.05, 0) is 24.1 Å². The highest BCUT2D eigenvalue weighted by molar-refractivity contribution is 7.89. The minimum Gasteiger partial charge on any atom is -0.395 e. The predicted octanol–water partition coefficient (Wildman–Crippen LogP) is 1.45. The molecular weight excluding hydrogens is 302 g/mol. The third-order valence-electron chi connectivity index (χ3n) is 3.29. The zero-order chi connectivity index (χ0) is 16.0. The summed E-state index contributed by atoms with van der Waals surface area (Å²) in [5.74, 6) is 0. The van der Waals surface area contributed by atoms with E-state index in [0.29, 0.717) is 5.56 Å². The summed E-state index contributed by atoms with van der Waals surface area (Å²) in [4.78, 5) is 0.127. The quantitative estimate of drug-likeness (QED) is 0.720. The molecule has 3 N–H and O–H groups in total. The summed E-state index contributed by atoms with van der Waals surface area (Å²) in [6.07, 6.45) is -0.760. The largest absolute Gasteiger partial charge is 0.395 e. The van der Waals surface area contributed by atoms with Crippen LogP contribution in [0.1, 0.15) is 18.1 Å². The van der Waals surface area contributed by atoms with Crippen LogP contribution >= 0.6 is 0 Å². The van der Waals surface area contributed by atoms with Crippen molar-refractivity contribution in [1.82, 2.24) is 4.72 Å². The Balaban J connectivity index is 2.06. The van der Waals surface area contributed by atoms with Crippen molar-refractivity contribution < 1.29 is 18.6 Å². The predicted molar refractivity (Wildman–Crippen MR) is 83.7 cm³/mol. The third-order valence-corrected chi connectivity index (χ3v) is 4.82. The summed E-state index contributed by atoms with van der Waals surface area (Å²) in [5.41, 5.74) is 0.680. The molecule has 6 heteroatoms. The van der Waals surface area contributed by atoms with Gasteiger partial charge in [-0.1, -0.05) is 48.5 Å². The average molecular weight is 321 g/mol. The molecule has 2 atom stereocenters. The Bertz CT molecular complexity index is 674. The van der Waals surface area contributed by atoms with Crippen LogP contribution < -0.4 is 4.72 Å². The summed E-state index contributed by atoms with van der Waals surface area (Å²) < 4.78 is 26.9. The Hall–Kier alpha value is -1.73. The molecule has 0 saturated heterocycles. The molecule has 0 aliphatic rings. The van der Waals surface area contributed by atoms with Gasteiger partial charge in [-0.15, -0.1) is 0 Å². The first-order chi connectivity index (χ1) is 10.5. The normalized spacial score (nSPS) is 14.5. The fourth-order valence-corrected chi connectivity index (χ4v) is 3.39. The molecule has 2 rings (SSSR count). The lowest BCUT2D eigenvalue weighted by Crippen LogP contribution is -2.38. The zero-order valence-electron chi connectivity index (χ0n) is 12.0. The zero-order valence-corrected chi connectivity index (χ0v) is 12.8. The van der Waals surface area contributed by atoms with Crippen molar-refractivity contribution in [1.29, 1.82) is 0 Å². The summed E-state index contributed by atoms with van der Waals surface area (Å²) in [5, 5.41) is 19.5. The van der Waals surface area contributed by atoms with Gasteiger partial charge in [0.15, 0.2) is 0 Å². The van der Waals surface area contributed by atoms with Gasteiger partial charge >= 0.3 is 0 Å². The number of rotatable bonds is 7. The van der Waals surface area contributed by atoms with Crippen LogP contribution in [0.25, 0.3) is 0 Å². The Labute approximate surface area is 130 Å². The topological polar surface area (TPSA) is 86.6 Å². The lowest BCUT2D eigenvalue weighted by Gasteiger charge is -2.20. The van der Waals surface area contributed by atoms with Crippen molar-refractivity contribution in [3.63, 3.8) is 0 Å². The first-order valence-corrected chi connectivity index (χ1v) is 8.42. The first kappa shape index (κ1) is 16.6. The highest BCUT2D eigenvalue weighted by Crippen LogP contribution is 2.19. The van der Waals surface area contributed by atoms with Crippen molar-refractivity contribution in [2.24, 2.45) is 0 Å². The van der Waals surface area contributed by atoms with Gasteiger partial charge in [0.05, 0.1) is 17.6 Å². The lowest BCUT2D eigenvalue weighted by atomic mass is 10.0. The molecule has 0 aromatic heterocycles. The van der Waals surface area contributed by atoms with Gasteiger partial charge < -0.3 is 10.2 Å². The highest BCUT2D eigenvalue weighted by atomic mass is 32.2. The van der Waals surface area contributed by atoms with Crippen LogP contribution in [0.15, 0.2) is 65.6 Å². The highest BCUT2D eigenvalue weighted by Gasteiger charge is 2.22. The van der Waals surface area contributed by atoms with Crippen molar-refractivity contribution >= 4 is 10.0 Å². The van der Waals surface area contributed by atoms with E-state index in [0.717, 1.165) is 0 Å². The Kier molecular flexibility index (Phi) is 5.68. The monoisotopic (exact) mass is 321 g/mol.